The van der Waals surface area contributed by atoms with Gasteiger partial charge < -0.3 is 25.1 Å². The summed E-state index contributed by atoms with van der Waals surface area (Å²) < 4.78 is 16.7. The minimum atomic E-state index is -1.15. The van der Waals surface area contributed by atoms with E-state index < -0.39 is 12.0 Å². The molecule has 0 saturated carbocycles. The molecule has 0 fully saturated rings. The average molecular weight is 297 g/mol. The maximum absolute atomic E-state index is 11.1. The summed E-state index contributed by atoms with van der Waals surface area (Å²) in [5, 5.41) is 9.07. The molecule has 0 heterocycles. The minimum absolute atomic E-state index is 0.0953. The van der Waals surface area contributed by atoms with Crippen LogP contribution < -0.4 is 19.9 Å². The van der Waals surface area contributed by atoms with Crippen molar-refractivity contribution in [2.75, 3.05) is 7.11 Å². The number of ether oxygens (including phenoxy) is 3. The summed E-state index contributed by atoms with van der Waals surface area (Å²) in [6.45, 7) is 7.47. The summed E-state index contributed by atoms with van der Waals surface area (Å²) in [5.41, 5.74) is 6.08. The first-order chi connectivity index (χ1) is 9.76. The van der Waals surface area contributed by atoms with Crippen molar-refractivity contribution < 1.29 is 24.1 Å². The fourth-order valence-corrected chi connectivity index (χ4v) is 1.80. The lowest BCUT2D eigenvalue weighted by atomic mass is 10.1. The van der Waals surface area contributed by atoms with E-state index in [0.29, 0.717) is 22.8 Å². The van der Waals surface area contributed by atoms with Crippen LogP contribution in [0.4, 0.5) is 0 Å². The van der Waals surface area contributed by atoms with Gasteiger partial charge in [-0.15, -0.1) is 0 Å². The standard InChI is InChI=1S/C15H23NO5/c1-8(2)20-11-6-10(13(16)15(17)18)7-12(14(11)19-5)21-9(3)4/h6-9,13H,16H2,1-5H3,(H,17,18)/t13-/m1/s1. The lowest BCUT2D eigenvalue weighted by molar-refractivity contribution is -0.138. The van der Waals surface area contributed by atoms with Gasteiger partial charge in [-0.1, -0.05) is 0 Å². The summed E-state index contributed by atoms with van der Waals surface area (Å²) in [6, 6.07) is 2.00. The van der Waals surface area contributed by atoms with Crippen LogP contribution in [0.5, 0.6) is 17.2 Å². The van der Waals surface area contributed by atoms with Crippen LogP contribution in [-0.4, -0.2) is 30.4 Å². The first-order valence-corrected chi connectivity index (χ1v) is 6.79. The zero-order valence-electron chi connectivity index (χ0n) is 13.0. The van der Waals surface area contributed by atoms with Crippen molar-refractivity contribution in [3.8, 4) is 17.2 Å². The maximum Gasteiger partial charge on any atom is 0.325 e. The minimum Gasteiger partial charge on any atom is -0.490 e. The van der Waals surface area contributed by atoms with Crippen LogP contribution in [0.1, 0.15) is 39.3 Å². The Morgan fingerprint density at radius 3 is 1.81 bits per heavy atom. The molecule has 1 atom stereocenters. The molecule has 0 bridgehead atoms. The fourth-order valence-electron chi connectivity index (χ4n) is 1.80. The summed E-state index contributed by atoms with van der Waals surface area (Å²) in [5.74, 6) is 0.139. The highest BCUT2D eigenvalue weighted by molar-refractivity contribution is 5.76. The van der Waals surface area contributed by atoms with Crippen LogP contribution in [0.25, 0.3) is 0 Å². The second-order valence-electron chi connectivity index (χ2n) is 5.20. The number of hydrogen-bond donors (Lipinski definition) is 2. The molecule has 0 saturated heterocycles. The van der Waals surface area contributed by atoms with Crippen LogP contribution >= 0.6 is 0 Å². The van der Waals surface area contributed by atoms with Crippen molar-refractivity contribution in [2.24, 2.45) is 5.73 Å². The average Bonchev–Trinajstić information content (AvgIpc) is 2.35. The third kappa shape index (κ3) is 4.53. The third-order valence-electron chi connectivity index (χ3n) is 2.60. The number of carboxylic acids is 1. The van der Waals surface area contributed by atoms with Gasteiger partial charge in [0.25, 0.3) is 0 Å². The lowest BCUT2D eigenvalue weighted by Crippen LogP contribution is -2.21. The Morgan fingerprint density at radius 2 is 1.52 bits per heavy atom. The molecule has 118 valence electrons. The van der Waals surface area contributed by atoms with E-state index in [-0.39, 0.29) is 12.2 Å². The number of methoxy groups -OCH3 is 1. The van der Waals surface area contributed by atoms with Crippen molar-refractivity contribution in [1.29, 1.82) is 0 Å². The molecule has 1 aromatic carbocycles. The summed E-state index contributed by atoms with van der Waals surface area (Å²) in [7, 11) is 1.51. The predicted octanol–water partition coefficient (Wildman–Crippen LogP) is 2.35. The van der Waals surface area contributed by atoms with Gasteiger partial charge in [-0.3, -0.25) is 4.79 Å². The number of rotatable bonds is 7. The zero-order valence-corrected chi connectivity index (χ0v) is 13.0. The van der Waals surface area contributed by atoms with Crippen molar-refractivity contribution in [2.45, 2.75) is 45.9 Å². The molecule has 0 spiro atoms. The first-order valence-electron chi connectivity index (χ1n) is 6.79. The Kier molecular flexibility index (Phi) is 5.84. The molecule has 0 aromatic heterocycles. The van der Waals surface area contributed by atoms with E-state index in [1.54, 1.807) is 12.1 Å². The van der Waals surface area contributed by atoms with Gasteiger partial charge in [-0.25, -0.2) is 0 Å². The van der Waals surface area contributed by atoms with Gasteiger partial charge in [-0.05, 0) is 45.4 Å². The Bertz CT molecular complexity index is 468. The summed E-state index contributed by atoms with van der Waals surface area (Å²) >= 11 is 0. The number of carboxylic acid groups (broad SMARTS) is 1. The Labute approximate surface area is 124 Å². The van der Waals surface area contributed by atoms with Gasteiger partial charge in [-0.2, -0.15) is 0 Å². The van der Waals surface area contributed by atoms with Crippen LogP contribution in [0, 0.1) is 0 Å². The van der Waals surface area contributed by atoms with Crippen LogP contribution in [0.2, 0.25) is 0 Å². The molecule has 3 N–H and O–H groups in total. The smallest absolute Gasteiger partial charge is 0.325 e. The highest BCUT2D eigenvalue weighted by Gasteiger charge is 2.22. The van der Waals surface area contributed by atoms with Gasteiger partial charge >= 0.3 is 5.97 Å². The molecule has 0 aliphatic carbocycles. The maximum atomic E-state index is 11.1. The van der Waals surface area contributed by atoms with Gasteiger partial charge in [0, 0.05) is 0 Å². The topological polar surface area (TPSA) is 91.0 Å². The van der Waals surface area contributed by atoms with E-state index in [1.807, 2.05) is 27.7 Å². The van der Waals surface area contributed by atoms with E-state index in [2.05, 4.69) is 0 Å². The quantitative estimate of drug-likeness (QED) is 0.802. The van der Waals surface area contributed by atoms with Crippen molar-refractivity contribution in [1.82, 2.24) is 0 Å². The monoisotopic (exact) mass is 297 g/mol. The lowest BCUT2D eigenvalue weighted by Gasteiger charge is -2.20. The number of nitrogens with two attached hydrogens (primary N) is 1. The molecule has 0 aliphatic rings. The van der Waals surface area contributed by atoms with E-state index >= 15 is 0 Å². The molecule has 0 amide bonds. The van der Waals surface area contributed by atoms with E-state index in [4.69, 9.17) is 25.1 Å². The Morgan fingerprint density at radius 1 is 1.10 bits per heavy atom. The summed E-state index contributed by atoms with van der Waals surface area (Å²) in [4.78, 5) is 11.1. The fraction of sp³-hybridized carbons (Fsp3) is 0.533. The number of aliphatic carboxylic acids is 1. The second kappa shape index (κ2) is 7.17. The van der Waals surface area contributed by atoms with Gasteiger partial charge in [0.2, 0.25) is 5.75 Å². The van der Waals surface area contributed by atoms with Gasteiger partial charge in [0.15, 0.2) is 11.5 Å². The predicted molar refractivity (Wildman–Crippen MR) is 79.1 cm³/mol. The Balaban J connectivity index is 3.37. The number of benzene rings is 1. The number of carbonyl (C=O) groups is 1. The van der Waals surface area contributed by atoms with Crippen LogP contribution in [0.15, 0.2) is 12.1 Å². The van der Waals surface area contributed by atoms with Gasteiger partial charge in [0.05, 0.1) is 19.3 Å². The molecule has 21 heavy (non-hydrogen) atoms. The first kappa shape index (κ1) is 17.1. The molecular formula is C15H23NO5. The van der Waals surface area contributed by atoms with E-state index in [1.165, 1.54) is 7.11 Å². The molecule has 6 heteroatoms. The molecule has 0 unspecified atom stereocenters. The number of hydrogen-bond acceptors (Lipinski definition) is 5. The van der Waals surface area contributed by atoms with E-state index in [0.717, 1.165) is 0 Å². The molecule has 1 aromatic rings. The normalized spacial score (nSPS) is 12.4. The SMILES string of the molecule is COc1c(OC(C)C)cc([C@@H](N)C(=O)O)cc1OC(C)C. The highest BCUT2D eigenvalue weighted by Crippen LogP contribution is 2.40. The van der Waals surface area contributed by atoms with Gasteiger partial charge in [0.1, 0.15) is 6.04 Å². The molecule has 0 radical (unpaired) electrons. The molecular weight excluding hydrogens is 274 g/mol. The zero-order chi connectivity index (χ0) is 16.2. The Hall–Kier alpha value is -1.95. The second-order valence-corrected chi connectivity index (χ2v) is 5.20. The largest absolute Gasteiger partial charge is 0.490 e. The van der Waals surface area contributed by atoms with Crippen LogP contribution in [-0.2, 0) is 4.79 Å². The molecule has 6 nitrogen and oxygen atoms in total. The third-order valence-corrected chi connectivity index (χ3v) is 2.60. The molecule has 0 aliphatic heterocycles. The highest BCUT2D eigenvalue weighted by atomic mass is 16.5. The van der Waals surface area contributed by atoms with Crippen molar-refractivity contribution >= 4 is 5.97 Å². The van der Waals surface area contributed by atoms with Crippen molar-refractivity contribution in [3.63, 3.8) is 0 Å². The van der Waals surface area contributed by atoms with E-state index in [9.17, 15) is 4.79 Å². The van der Waals surface area contributed by atoms with Crippen LogP contribution in [0.3, 0.4) is 0 Å². The summed E-state index contributed by atoms with van der Waals surface area (Å²) in [6.07, 6.45) is -0.191. The van der Waals surface area contributed by atoms with Crippen molar-refractivity contribution in [3.05, 3.63) is 17.7 Å². The molecule has 1 rings (SSSR count).